The van der Waals surface area contributed by atoms with Gasteiger partial charge in [0.15, 0.2) is 0 Å². The van der Waals surface area contributed by atoms with Crippen molar-refractivity contribution in [2.24, 2.45) is 7.05 Å². The Morgan fingerprint density at radius 2 is 2.05 bits per heavy atom. The van der Waals surface area contributed by atoms with Gasteiger partial charge in [-0.2, -0.15) is 5.10 Å². The normalized spacial score (nSPS) is 12.4. The molecule has 2 aromatic rings. The van der Waals surface area contributed by atoms with Crippen molar-refractivity contribution in [2.45, 2.75) is 26.3 Å². The maximum Gasteiger partial charge on any atom is 0.124 e. The highest BCUT2D eigenvalue weighted by molar-refractivity contribution is 5.42. The van der Waals surface area contributed by atoms with Gasteiger partial charge in [0, 0.05) is 23.9 Å². The van der Waals surface area contributed by atoms with Gasteiger partial charge in [-0.1, -0.05) is 25.1 Å². The lowest BCUT2D eigenvalue weighted by Gasteiger charge is -2.20. The molecule has 1 unspecified atom stereocenters. The standard InChI is InChI=1S/C16H23N3O/c1-5-10-20-15-9-7-6-8-13(15)16(17-3)14-11-18-19(4)12(14)2/h6-9,11,16-17H,5,10H2,1-4H3. The predicted octanol–water partition coefficient (Wildman–Crippen LogP) is 2.83. The van der Waals surface area contributed by atoms with E-state index in [-0.39, 0.29) is 6.04 Å². The van der Waals surface area contributed by atoms with E-state index in [0.717, 1.165) is 30.0 Å². The van der Waals surface area contributed by atoms with Crippen molar-refractivity contribution in [3.63, 3.8) is 0 Å². The second-order valence-corrected chi connectivity index (χ2v) is 4.92. The van der Waals surface area contributed by atoms with Crippen LogP contribution in [0, 0.1) is 6.92 Å². The second-order valence-electron chi connectivity index (χ2n) is 4.92. The number of para-hydroxylation sites is 1. The molecule has 1 atom stereocenters. The van der Waals surface area contributed by atoms with Crippen LogP contribution in [0.1, 0.15) is 36.2 Å². The third-order valence-electron chi connectivity index (χ3n) is 3.56. The Morgan fingerprint density at radius 3 is 2.65 bits per heavy atom. The summed E-state index contributed by atoms with van der Waals surface area (Å²) in [7, 11) is 3.93. The number of hydrogen-bond donors (Lipinski definition) is 1. The molecule has 0 radical (unpaired) electrons. The average molecular weight is 273 g/mol. The number of aryl methyl sites for hydroxylation is 1. The number of nitrogens with one attached hydrogen (secondary N) is 1. The quantitative estimate of drug-likeness (QED) is 0.879. The molecule has 2 rings (SSSR count). The summed E-state index contributed by atoms with van der Waals surface area (Å²) in [5, 5.41) is 7.71. The smallest absolute Gasteiger partial charge is 0.124 e. The molecule has 108 valence electrons. The van der Waals surface area contributed by atoms with Crippen molar-refractivity contribution in [1.29, 1.82) is 0 Å². The molecule has 0 bridgehead atoms. The van der Waals surface area contributed by atoms with Crippen molar-refractivity contribution >= 4 is 0 Å². The van der Waals surface area contributed by atoms with E-state index in [9.17, 15) is 0 Å². The van der Waals surface area contributed by atoms with Gasteiger partial charge >= 0.3 is 0 Å². The number of nitrogens with zero attached hydrogens (tertiary/aromatic N) is 2. The van der Waals surface area contributed by atoms with E-state index in [1.807, 2.05) is 43.2 Å². The van der Waals surface area contributed by atoms with E-state index < -0.39 is 0 Å². The van der Waals surface area contributed by atoms with Gasteiger partial charge in [-0.05, 0) is 26.5 Å². The van der Waals surface area contributed by atoms with Crippen LogP contribution in [0.15, 0.2) is 30.5 Å². The van der Waals surface area contributed by atoms with E-state index in [0.29, 0.717) is 0 Å². The highest BCUT2D eigenvalue weighted by Crippen LogP contribution is 2.31. The van der Waals surface area contributed by atoms with Gasteiger partial charge in [0.1, 0.15) is 5.75 Å². The zero-order valence-electron chi connectivity index (χ0n) is 12.7. The van der Waals surface area contributed by atoms with E-state index in [4.69, 9.17) is 4.74 Å². The molecule has 0 aliphatic heterocycles. The molecule has 0 spiro atoms. The van der Waals surface area contributed by atoms with Crippen LogP contribution in [-0.2, 0) is 7.05 Å². The van der Waals surface area contributed by atoms with Crippen LogP contribution in [-0.4, -0.2) is 23.4 Å². The summed E-state index contributed by atoms with van der Waals surface area (Å²) < 4.78 is 7.77. The Labute approximate surface area is 120 Å². The lowest BCUT2D eigenvalue weighted by atomic mass is 9.98. The molecule has 0 fully saturated rings. The third-order valence-corrected chi connectivity index (χ3v) is 3.56. The molecular formula is C16H23N3O. The van der Waals surface area contributed by atoms with Gasteiger partial charge in [-0.3, -0.25) is 4.68 Å². The lowest BCUT2D eigenvalue weighted by molar-refractivity contribution is 0.312. The molecule has 4 heteroatoms. The Morgan fingerprint density at radius 1 is 1.30 bits per heavy atom. The van der Waals surface area contributed by atoms with E-state index in [2.05, 4.69) is 30.3 Å². The first-order valence-corrected chi connectivity index (χ1v) is 7.06. The van der Waals surface area contributed by atoms with Crippen LogP contribution in [0.25, 0.3) is 0 Å². The Kier molecular flexibility index (Phi) is 4.79. The van der Waals surface area contributed by atoms with Gasteiger partial charge in [0.05, 0.1) is 18.8 Å². The minimum Gasteiger partial charge on any atom is -0.493 e. The number of hydrogen-bond acceptors (Lipinski definition) is 3. The molecular weight excluding hydrogens is 250 g/mol. The van der Waals surface area contributed by atoms with Crippen LogP contribution < -0.4 is 10.1 Å². The summed E-state index contributed by atoms with van der Waals surface area (Å²) in [6.45, 7) is 4.94. The maximum atomic E-state index is 5.87. The number of ether oxygens (including phenoxy) is 1. The first-order chi connectivity index (χ1) is 9.69. The molecule has 1 aromatic heterocycles. The van der Waals surface area contributed by atoms with Crippen LogP contribution >= 0.6 is 0 Å². The maximum absolute atomic E-state index is 5.87. The summed E-state index contributed by atoms with van der Waals surface area (Å²) in [6.07, 6.45) is 2.93. The average Bonchev–Trinajstić information content (AvgIpc) is 2.79. The highest BCUT2D eigenvalue weighted by atomic mass is 16.5. The number of aromatic nitrogens is 2. The largest absolute Gasteiger partial charge is 0.493 e. The fraction of sp³-hybridized carbons (Fsp3) is 0.438. The SMILES string of the molecule is CCCOc1ccccc1C(NC)c1cnn(C)c1C. The fourth-order valence-electron chi connectivity index (χ4n) is 2.34. The molecule has 4 nitrogen and oxygen atoms in total. The molecule has 1 aromatic carbocycles. The molecule has 1 N–H and O–H groups in total. The monoisotopic (exact) mass is 273 g/mol. The second kappa shape index (κ2) is 6.57. The molecule has 0 aliphatic carbocycles. The molecule has 0 saturated heterocycles. The Hall–Kier alpha value is -1.81. The zero-order valence-corrected chi connectivity index (χ0v) is 12.7. The molecule has 0 aliphatic rings. The number of benzene rings is 1. The Balaban J connectivity index is 2.39. The first kappa shape index (κ1) is 14.6. The predicted molar refractivity (Wildman–Crippen MR) is 81.1 cm³/mol. The minimum atomic E-state index is 0.0942. The molecule has 20 heavy (non-hydrogen) atoms. The van der Waals surface area contributed by atoms with Crippen LogP contribution in [0.5, 0.6) is 5.75 Å². The third kappa shape index (κ3) is 2.85. The topological polar surface area (TPSA) is 39.1 Å². The van der Waals surface area contributed by atoms with E-state index in [1.54, 1.807) is 0 Å². The minimum absolute atomic E-state index is 0.0942. The van der Waals surface area contributed by atoms with Crippen LogP contribution in [0.2, 0.25) is 0 Å². The van der Waals surface area contributed by atoms with Crippen molar-refractivity contribution in [3.05, 3.63) is 47.3 Å². The zero-order chi connectivity index (χ0) is 14.5. The van der Waals surface area contributed by atoms with Crippen LogP contribution in [0.4, 0.5) is 0 Å². The summed E-state index contributed by atoms with van der Waals surface area (Å²) in [4.78, 5) is 0. The van der Waals surface area contributed by atoms with E-state index in [1.165, 1.54) is 5.56 Å². The van der Waals surface area contributed by atoms with Crippen molar-refractivity contribution in [2.75, 3.05) is 13.7 Å². The number of rotatable bonds is 6. The van der Waals surface area contributed by atoms with Gasteiger partial charge in [-0.15, -0.1) is 0 Å². The van der Waals surface area contributed by atoms with Gasteiger partial charge < -0.3 is 10.1 Å². The van der Waals surface area contributed by atoms with Crippen LogP contribution in [0.3, 0.4) is 0 Å². The summed E-state index contributed by atoms with van der Waals surface area (Å²) in [5.74, 6) is 0.942. The van der Waals surface area contributed by atoms with Gasteiger partial charge in [0.25, 0.3) is 0 Å². The van der Waals surface area contributed by atoms with Crippen molar-refractivity contribution in [1.82, 2.24) is 15.1 Å². The van der Waals surface area contributed by atoms with Gasteiger partial charge in [-0.25, -0.2) is 0 Å². The molecule has 1 heterocycles. The summed E-state index contributed by atoms with van der Waals surface area (Å²) in [5.41, 5.74) is 3.50. The Bertz CT molecular complexity index is 563. The first-order valence-electron chi connectivity index (χ1n) is 7.06. The molecule has 0 amide bonds. The van der Waals surface area contributed by atoms with Gasteiger partial charge in [0.2, 0.25) is 0 Å². The fourth-order valence-corrected chi connectivity index (χ4v) is 2.34. The van der Waals surface area contributed by atoms with Crippen molar-refractivity contribution in [3.8, 4) is 5.75 Å². The lowest BCUT2D eigenvalue weighted by Crippen LogP contribution is -2.19. The van der Waals surface area contributed by atoms with E-state index >= 15 is 0 Å². The summed E-state index contributed by atoms with van der Waals surface area (Å²) >= 11 is 0. The van der Waals surface area contributed by atoms with Crippen molar-refractivity contribution < 1.29 is 4.74 Å². The summed E-state index contributed by atoms with van der Waals surface area (Å²) in [6, 6.07) is 8.29. The highest BCUT2D eigenvalue weighted by Gasteiger charge is 2.20. The molecule has 0 saturated carbocycles.